The Balaban J connectivity index is 1.56. The molecule has 1 amide bonds. The van der Waals surface area contributed by atoms with Gasteiger partial charge in [-0.2, -0.15) is 0 Å². The lowest BCUT2D eigenvalue weighted by Gasteiger charge is -2.36. The number of carbonyl (C=O) groups is 1. The summed E-state index contributed by atoms with van der Waals surface area (Å²) in [5, 5.41) is 13.7. The first kappa shape index (κ1) is 18.8. The maximum Gasteiger partial charge on any atom is 0.223 e. The number of anilines is 1. The molecule has 2 fully saturated rings. The van der Waals surface area contributed by atoms with Crippen molar-refractivity contribution in [3.05, 3.63) is 41.8 Å². The maximum atomic E-state index is 14.4. The van der Waals surface area contributed by atoms with E-state index in [0.29, 0.717) is 23.5 Å². The SMILES string of the molecule is NC(=O)[C@H]1CCC[C@@H](Nc2ncc(F)c(-c3cccc(C4(O)COC4)c3)n2)C1. The van der Waals surface area contributed by atoms with Crippen LogP contribution in [-0.4, -0.2) is 40.2 Å². The van der Waals surface area contributed by atoms with Gasteiger partial charge in [0.25, 0.3) is 0 Å². The average Bonchev–Trinajstić information content (AvgIpc) is 2.68. The first-order valence-corrected chi connectivity index (χ1v) is 9.44. The van der Waals surface area contributed by atoms with Gasteiger partial charge in [0.05, 0.1) is 19.4 Å². The molecule has 1 aliphatic carbocycles. The molecule has 0 unspecified atom stereocenters. The number of aliphatic hydroxyl groups is 1. The molecule has 0 radical (unpaired) electrons. The van der Waals surface area contributed by atoms with Crippen molar-refractivity contribution in [1.82, 2.24) is 9.97 Å². The van der Waals surface area contributed by atoms with Gasteiger partial charge in [0.2, 0.25) is 11.9 Å². The van der Waals surface area contributed by atoms with Crippen molar-refractivity contribution in [2.24, 2.45) is 11.7 Å². The minimum atomic E-state index is -1.04. The molecule has 1 aliphatic heterocycles. The molecule has 28 heavy (non-hydrogen) atoms. The van der Waals surface area contributed by atoms with Crippen LogP contribution in [-0.2, 0) is 15.1 Å². The summed E-state index contributed by atoms with van der Waals surface area (Å²) in [5.41, 5.74) is 5.78. The van der Waals surface area contributed by atoms with E-state index in [2.05, 4.69) is 15.3 Å². The summed E-state index contributed by atoms with van der Waals surface area (Å²) in [4.78, 5) is 19.9. The second-order valence-electron chi connectivity index (χ2n) is 7.60. The Labute approximate surface area is 162 Å². The Hall–Kier alpha value is -2.58. The van der Waals surface area contributed by atoms with E-state index in [1.165, 1.54) is 0 Å². The van der Waals surface area contributed by atoms with Crippen molar-refractivity contribution in [3.63, 3.8) is 0 Å². The number of aromatic nitrogens is 2. The molecule has 8 heteroatoms. The maximum absolute atomic E-state index is 14.4. The molecule has 0 bridgehead atoms. The van der Waals surface area contributed by atoms with Gasteiger partial charge in [0.15, 0.2) is 5.82 Å². The fraction of sp³-hybridized carbons (Fsp3) is 0.450. The summed E-state index contributed by atoms with van der Waals surface area (Å²) in [7, 11) is 0. The summed E-state index contributed by atoms with van der Waals surface area (Å²) in [6.07, 6.45) is 4.31. The number of rotatable bonds is 5. The van der Waals surface area contributed by atoms with Crippen molar-refractivity contribution in [2.75, 3.05) is 18.5 Å². The number of nitrogens with one attached hydrogen (secondary N) is 1. The Morgan fingerprint density at radius 2 is 2.18 bits per heavy atom. The van der Waals surface area contributed by atoms with Crippen molar-refractivity contribution in [1.29, 1.82) is 0 Å². The van der Waals surface area contributed by atoms with Crippen LogP contribution in [0.2, 0.25) is 0 Å². The summed E-state index contributed by atoms with van der Waals surface area (Å²) in [5.74, 6) is -0.684. The lowest BCUT2D eigenvalue weighted by molar-refractivity contribution is -0.184. The number of benzene rings is 1. The Morgan fingerprint density at radius 1 is 1.36 bits per heavy atom. The third-order valence-electron chi connectivity index (χ3n) is 5.51. The third kappa shape index (κ3) is 3.70. The molecule has 4 rings (SSSR count). The molecule has 0 spiro atoms. The summed E-state index contributed by atoms with van der Waals surface area (Å²) >= 11 is 0. The molecular formula is C20H23FN4O3. The Morgan fingerprint density at radius 3 is 2.89 bits per heavy atom. The standard InChI is InChI=1S/C20H23FN4O3/c21-16-9-23-19(24-15-6-2-4-13(8-15)18(22)26)25-17(16)12-3-1-5-14(7-12)20(27)10-28-11-20/h1,3,5,7,9,13,15,27H,2,4,6,8,10-11H2,(H2,22,26)(H,23,24,25)/t13-,15+/m0/s1. The summed E-state index contributed by atoms with van der Waals surface area (Å²) < 4.78 is 19.5. The number of hydrogen-bond acceptors (Lipinski definition) is 6. The molecule has 1 aromatic heterocycles. The lowest BCUT2D eigenvalue weighted by atomic mass is 9.85. The Bertz CT molecular complexity index is 888. The van der Waals surface area contributed by atoms with Gasteiger partial charge in [-0.3, -0.25) is 4.79 Å². The molecular weight excluding hydrogens is 363 g/mol. The largest absolute Gasteiger partial charge is 0.380 e. The molecule has 148 valence electrons. The van der Waals surface area contributed by atoms with Crippen LogP contribution in [0.4, 0.5) is 10.3 Å². The van der Waals surface area contributed by atoms with Crippen molar-refractivity contribution in [3.8, 4) is 11.3 Å². The molecule has 7 nitrogen and oxygen atoms in total. The smallest absolute Gasteiger partial charge is 0.223 e. The minimum absolute atomic E-state index is 0.0173. The number of halogens is 1. The molecule has 2 aliphatic rings. The summed E-state index contributed by atoms with van der Waals surface area (Å²) in [6, 6.07) is 7.03. The van der Waals surface area contributed by atoms with Gasteiger partial charge in [-0.25, -0.2) is 14.4 Å². The van der Waals surface area contributed by atoms with Crippen LogP contribution in [0.5, 0.6) is 0 Å². The van der Waals surface area contributed by atoms with Crippen LogP contribution in [0.15, 0.2) is 30.5 Å². The van der Waals surface area contributed by atoms with Crippen LogP contribution in [0.1, 0.15) is 31.2 Å². The Kier molecular flexibility index (Phi) is 4.99. The van der Waals surface area contributed by atoms with Crippen LogP contribution in [0.25, 0.3) is 11.3 Å². The number of nitrogens with zero attached hydrogens (tertiary/aromatic N) is 2. The van der Waals surface area contributed by atoms with E-state index in [1.807, 2.05) is 0 Å². The van der Waals surface area contributed by atoms with Crippen LogP contribution >= 0.6 is 0 Å². The van der Waals surface area contributed by atoms with Gasteiger partial charge >= 0.3 is 0 Å². The molecule has 2 aromatic rings. The average molecular weight is 386 g/mol. The predicted molar refractivity (Wildman–Crippen MR) is 101 cm³/mol. The number of hydrogen-bond donors (Lipinski definition) is 3. The monoisotopic (exact) mass is 386 g/mol. The first-order valence-electron chi connectivity index (χ1n) is 9.44. The molecule has 1 saturated heterocycles. The van der Waals surface area contributed by atoms with Crippen LogP contribution in [0.3, 0.4) is 0 Å². The van der Waals surface area contributed by atoms with Gasteiger partial charge in [0, 0.05) is 17.5 Å². The van der Waals surface area contributed by atoms with E-state index < -0.39 is 11.4 Å². The molecule has 1 aromatic carbocycles. The fourth-order valence-corrected chi connectivity index (χ4v) is 3.82. The van der Waals surface area contributed by atoms with Gasteiger partial charge in [-0.1, -0.05) is 24.6 Å². The summed E-state index contributed by atoms with van der Waals surface area (Å²) in [6.45, 7) is 0.441. The predicted octanol–water partition coefficient (Wildman–Crippen LogP) is 1.96. The zero-order valence-corrected chi connectivity index (χ0v) is 15.4. The normalized spacial score (nSPS) is 23.6. The van der Waals surface area contributed by atoms with Crippen LogP contribution in [0, 0.1) is 11.7 Å². The second kappa shape index (κ2) is 7.44. The quantitative estimate of drug-likeness (QED) is 0.725. The van der Waals surface area contributed by atoms with Gasteiger partial charge in [0.1, 0.15) is 11.3 Å². The van der Waals surface area contributed by atoms with E-state index >= 15 is 0 Å². The lowest BCUT2D eigenvalue weighted by Crippen LogP contribution is -2.46. The zero-order valence-electron chi connectivity index (χ0n) is 15.4. The molecule has 2 heterocycles. The topological polar surface area (TPSA) is 110 Å². The highest BCUT2D eigenvalue weighted by Crippen LogP contribution is 2.32. The molecule has 1 saturated carbocycles. The molecule has 2 atom stereocenters. The molecule has 4 N–H and O–H groups in total. The number of ether oxygens (including phenoxy) is 1. The second-order valence-corrected chi connectivity index (χ2v) is 7.60. The number of amides is 1. The first-order chi connectivity index (χ1) is 13.4. The van der Waals surface area contributed by atoms with E-state index in [0.717, 1.165) is 25.5 Å². The minimum Gasteiger partial charge on any atom is -0.380 e. The van der Waals surface area contributed by atoms with Crippen molar-refractivity contribution < 1.29 is 19.0 Å². The van der Waals surface area contributed by atoms with Gasteiger partial charge < -0.3 is 20.9 Å². The number of nitrogens with two attached hydrogens (primary N) is 1. The highest BCUT2D eigenvalue weighted by Gasteiger charge is 2.38. The zero-order chi connectivity index (χ0) is 19.7. The van der Waals surface area contributed by atoms with E-state index in [1.54, 1.807) is 24.3 Å². The van der Waals surface area contributed by atoms with Crippen molar-refractivity contribution >= 4 is 11.9 Å². The van der Waals surface area contributed by atoms with E-state index in [-0.39, 0.29) is 36.8 Å². The third-order valence-corrected chi connectivity index (χ3v) is 5.51. The highest BCUT2D eigenvalue weighted by molar-refractivity contribution is 5.76. The number of carbonyl (C=O) groups excluding carboxylic acids is 1. The van der Waals surface area contributed by atoms with Gasteiger partial charge in [-0.15, -0.1) is 0 Å². The van der Waals surface area contributed by atoms with Gasteiger partial charge in [-0.05, 0) is 30.9 Å². The van der Waals surface area contributed by atoms with E-state index in [9.17, 15) is 14.3 Å². The number of primary amides is 1. The van der Waals surface area contributed by atoms with Crippen LogP contribution < -0.4 is 11.1 Å². The van der Waals surface area contributed by atoms with Crippen molar-refractivity contribution in [2.45, 2.75) is 37.3 Å². The highest BCUT2D eigenvalue weighted by atomic mass is 19.1. The van der Waals surface area contributed by atoms with E-state index in [4.69, 9.17) is 10.5 Å². The fourth-order valence-electron chi connectivity index (χ4n) is 3.82.